The van der Waals surface area contributed by atoms with Crippen molar-refractivity contribution in [2.24, 2.45) is 0 Å². The first-order valence-corrected chi connectivity index (χ1v) is 12.2. The standard InChI is InChI=1S/C22H26N4O3S2/c1-17(2)18-8-10-20(11-9-18)31(27,28)25-14-12-24(13-15-25)16-26-22(30)29-21(23-26)19-6-4-3-5-7-19/h3-11,17H,12-16H2,1-2H3. The predicted molar refractivity (Wildman–Crippen MR) is 122 cm³/mol. The fraction of sp³-hybridized carbons (Fsp3) is 0.364. The third-order valence-electron chi connectivity index (χ3n) is 5.48. The van der Waals surface area contributed by atoms with Crippen molar-refractivity contribution in [1.82, 2.24) is 19.0 Å². The molecule has 0 N–H and O–H groups in total. The third-order valence-corrected chi connectivity index (χ3v) is 7.68. The summed E-state index contributed by atoms with van der Waals surface area (Å²) in [7, 11) is -3.50. The van der Waals surface area contributed by atoms with Crippen LogP contribution in [0.3, 0.4) is 0 Å². The van der Waals surface area contributed by atoms with Gasteiger partial charge in [0.2, 0.25) is 15.9 Å². The van der Waals surface area contributed by atoms with Crippen LogP contribution in [0.5, 0.6) is 0 Å². The molecule has 2 heterocycles. The fourth-order valence-corrected chi connectivity index (χ4v) is 5.17. The lowest BCUT2D eigenvalue weighted by Gasteiger charge is -2.33. The summed E-state index contributed by atoms with van der Waals surface area (Å²) in [6.07, 6.45) is 0. The Hall–Kier alpha value is -2.33. The lowest BCUT2D eigenvalue weighted by atomic mass is 10.0. The molecular formula is C22H26N4O3S2. The lowest BCUT2D eigenvalue weighted by molar-refractivity contribution is 0.143. The number of piperazine rings is 1. The van der Waals surface area contributed by atoms with E-state index < -0.39 is 10.0 Å². The van der Waals surface area contributed by atoms with Gasteiger partial charge < -0.3 is 4.42 Å². The Morgan fingerprint density at radius 3 is 2.26 bits per heavy atom. The van der Waals surface area contributed by atoms with Crippen molar-refractivity contribution < 1.29 is 12.8 Å². The minimum absolute atomic E-state index is 0.305. The van der Waals surface area contributed by atoms with E-state index in [0.29, 0.717) is 54.4 Å². The van der Waals surface area contributed by atoms with E-state index in [9.17, 15) is 8.42 Å². The first-order chi connectivity index (χ1) is 14.8. The van der Waals surface area contributed by atoms with E-state index in [1.54, 1.807) is 21.1 Å². The van der Waals surface area contributed by atoms with Crippen LogP contribution < -0.4 is 0 Å². The highest BCUT2D eigenvalue weighted by Gasteiger charge is 2.29. The lowest BCUT2D eigenvalue weighted by Crippen LogP contribution is -2.48. The fourth-order valence-electron chi connectivity index (χ4n) is 3.57. The maximum absolute atomic E-state index is 13.0. The number of aromatic nitrogens is 2. The van der Waals surface area contributed by atoms with Crippen LogP contribution in [0.15, 0.2) is 63.9 Å². The largest absolute Gasteiger partial charge is 0.409 e. The number of hydrogen-bond donors (Lipinski definition) is 0. The van der Waals surface area contributed by atoms with Crippen molar-refractivity contribution in [2.75, 3.05) is 26.2 Å². The summed E-state index contributed by atoms with van der Waals surface area (Å²) < 4.78 is 34.8. The summed E-state index contributed by atoms with van der Waals surface area (Å²) in [6, 6.07) is 16.8. The minimum Gasteiger partial charge on any atom is -0.409 e. The molecule has 2 aromatic carbocycles. The first kappa shape index (κ1) is 21.9. The molecule has 1 aromatic heterocycles. The van der Waals surface area contributed by atoms with Crippen LogP contribution in [0.2, 0.25) is 0 Å². The van der Waals surface area contributed by atoms with Crippen LogP contribution in [0.4, 0.5) is 0 Å². The average Bonchev–Trinajstić information content (AvgIpc) is 3.15. The summed E-state index contributed by atoms with van der Waals surface area (Å²) in [5.74, 6) is 0.850. The molecule has 0 bridgehead atoms. The Balaban J connectivity index is 1.40. The Morgan fingerprint density at radius 1 is 1.00 bits per heavy atom. The topological polar surface area (TPSA) is 71.6 Å². The van der Waals surface area contributed by atoms with E-state index in [2.05, 4.69) is 23.8 Å². The van der Waals surface area contributed by atoms with E-state index >= 15 is 0 Å². The molecule has 0 unspecified atom stereocenters. The molecule has 0 amide bonds. The van der Waals surface area contributed by atoms with Crippen LogP contribution >= 0.6 is 12.2 Å². The zero-order valence-electron chi connectivity index (χ0n) is 17.6. The van der Waals surface area contributed by atoms with Gasteiger partial charge in [-0.25, -0.2) is 13.1 Å². The van der Waals surface area contributed by atoms with E-state index in [1.165, 1.54) is 0 Å². The molecule has 9 heteroatoms. The summed E-state index contributed by atoms with van der Waals surface area (Å²) in [6.45, 7) is 6.68. The van der Waals surface area contributed by atoms with E-state index in [-0.39, 0.29) is 0 Å². The molecule has 1 aliphatic rings. The Morgan fingerprint density at radius 2 is 1.65 bits per heavy atom. The van der Waals surface area contributed by atoms with E-state index in [1.807, 2.05) is 42.5 Å². The van der Waals surface area contributed by atoms with E-state index in [0.717, 1.165) is 11.1 Å². The van der Waals surface area contributed by atoms with Gasteiger partial charge in [0.25, 0.3) is 4.84 Å². The summed E-state index contributed by atoms with van der Waals surface area (Å²) in [5, 5.41) is 4.48. The minimum atomic E-state index is -3.50. The molecule has 1 saturated heterocycles. The molecule has 7 nitrogen and oxygen atoms in total. The van der Waals surface area contributed by atoms with Gasteiger partial charge in [0.1, 0.15) is 0 Å². The monoisotopic (exact) mass is 458 g/mol. The van der Waals surface area contributed by atoms with Crippen LogP contribution in [-0.2, 0) is 16.7 Å². The van der Waals surface area contributed by atoms with Gasteiger partial charge in [-0.15, -0.1) is 5.10 Å². The Labute approximate surface area is 188 Å². The number of sulfonamides is 1. The summed E-state index contributed by atoms with van der Waals surface area (Å²) in [5.41, 5.74) is 2.00. The van der Waals surface area contributed by atoms with Gasteiger partial charge in [-0.05, 0) is 48.0 Å². The van der Waals surface area contributed by atoms with Gasteiger partial charge in [-0.3, -0.25) is 4.90 Å². The van der Waals surface area contributed by atoms with Crippen molar-refractivity contribution in [1.29, 1.82) is 0 Å². The number of rotatable bonds is 6. The van der Waals surface area contributed by atoms with Gasteiger partial charge in [0.15, 0.2) is 0 Å². The Bertz CT molecular complexity index is 1180. The maximum atomic E-state index is 13.0. The highest BCUT2D eigenvalue weighted by atomic mass is 32.2. The van der Waals surface area contributed by atoms with Gasteiger partial charge >= 0.3 is 0 Å². The van der Waals surface area contributed by atoms with E-state index in [4.69, 9.17) is 16.6 Å². The highest BCUT2D eigenvalue weighted by Crippen LogP contribution is 2.22. The second-order valence-electron chi connectivity index (χ2n) is 7.93. The van der Waals surface area contributed by atoms with Gasteiger partial charge in [-0.2, -0.15) is 4.31 Å². The third kappa shape index (κ3) is 4.79. The molecule has 4 rings (SSSR count). The highest BCUT2D eigenvalue weighted by molar-refractivity contribution is 7.89. The Kier molecular flexibility index (Phi) is 6.38. The van der Waals surface area contributed by atoms with Crippen LogP contribution in [-0.4, -0.2) is 53.6 Å². The smallest absolute Gasteiger partial charge is 0.288 e. The zero-order valence-corrected chi connectivity index (χ0v) is 19.3. The van der Waals surface area contributed by atoms with Gasteiger partial charge in [-0.1, -0.05) is 44.2 Å². The molecule has 164 valence electrons. The number of nitrogens with zero attached hydrogens (tertiary/aromatic N) is 4. The molecule has 0 saturated carbocycles. The second kappa shape index (κ2) is 9.04. The molecular weight excluding hydrogens is 432 g/mol. The quantitative estimate of drug-likeness (QED) is 0.521. The normalized spacial score (nSPS) is 16.1. The van der Waals surface area contributed by atoms with Crippen molar-refractivity contribution in [3.05, 3.63) is 65.0 Å². The van der Waals surface area contributed by atoms with Gasteiger partial charge in [0, 0.05) is 31.7 Å². The number of benzene rings is 2. The first-order valence-electron chi connectivity index (χ1n) is 10.3. The van der Waals surface area contributed by atoms with Crippen LogP contribution in [0, 0.1) is 4.84 Å². The predicted octanol–water partition coefficient (Wildman–Crippen LogP) is 3.96. The molecule has 0 aliphatic carbocycles. The SMILES string of the molecule is CC(C)c1ccc(S(=O)(=O)N2CCN(Cn3nc(-c4ccccc4)oc3=S)CC2)cc1. The molecule has 0 spiro atoms. The summed E-state index contributed by atoms with van der Waals surface area (Å²) >= 11 is 5.32. The van der Waals surface area contributed by atoms with Crippen molar-refractivity contribution in [3.63, 3.8) is 0 Å². The second-order valence-corrected chi connectivity index (χ2v) is 10.2. The van der Waals surface area contributed by atoms with Gasteiger partial charge in [0.05, 0.1) is 11.6 Å². The van der Waals surface area contributed by atoms with Crippen molar-refractivity contribution in [2.45, 2.75) is 31.3 Å². The van der Waals surface area contributed by atoms with Crippen LogP contribution in [0.1, 0.15) is 25.3 Å². The van der Waals surface area contributed by atoms with Crippen LogP contribution in [0.25, 0.3) is 11.5 Å². The molecule has 1 fully saturated rings. The number of hydrogen-bond acceptors (Lipinski definition) is 6. The molecule has 0 atom stereocenters. The van der Waals surface area contributed by atoms with Crippen molar-refractivity contribution in [3.8, 4) is 11.5 Å². The average molecular weight is 459 g/mol. The zero-order chi connectivity index (χ0) is 22.0. The molecule has 1 aliphatic heterocycles. The molecule has 31 heavy (non-hydrogen) atoms. The molecule has 0 radical (unpaired) electrons. The van der Waals surface area contributed by atoms with Crippen molar-refractivity contribution >= 4 is 22.2 Å². The summed E-state index contributed by atoms with van der Waals surface area (Å²) in [4.78, 5) is 2.77. The molecule has 3 aromatic rings. The maximum Gasteiger partial charge on any atom is 0.288 e.